The Morgan fingerprint density at radius 2 is 1.92 bits per heavy atom. The number of hydrogen-bond acceptors (Lipinski definition) is 1. The fraction of sp³-hybridized carbons (Fsp3) is 1.00. The summed E-state index contributed by atoms with van der Waals surface area (Å²) in [5.41, 5.74) is 8.37. The number of hydrogen-bond donors (Lipinski definition) is 0. The molecule has 0 bridgehead atoms. The molecule has 4 atom stereocenters. The van der Waals surface area contributed by atoms with Crippen LogP contribution < -0.4 is 0 Å². The van der Waals surface area contributed by atoms with Gasteiger partial charge in [-0.05, 0) is 36.1 Å². The Hall–Kier alpha value is -0.690. The van der Waals surface area contributed by atoms with Crippen molar-refractivity contribution in [1.82, 2.24) is 0 Å². The van der Waals surface area contributed by atoms with E-state index in [1.54, 1.807) is 0 Å². The molecule has 12 heavy (non-hydrogen) atoms. The van der Waals surface area contributed by atoms with Gasteiger partial charge in [0.05, 0.1) is 0 Å². The Bertz CT molecular complexity index is 196. The zero-order chi connectivity index (χ0) is 9.14. The van der Waals surface area contributed by atoms with Crippen LogP contribution in [0, 0.1) is 17.8 Å². The lowest BCUT2D eigenvalue weighted by molar-refractivity contribution is 0.189. The fourth-order valence-corrected chi connectivity index (χ4v) is 2.17. The first-order valence-corrected chi connectivity index (χ1v) is 4.69. The average molecular weight is 167 g/mol. The van der Waals surface area contributed by atoms with Crippen molar-refractivity contribution in [3.8, 4) is 0 Å². The van der Waals surface area contributed by atoms with E-state index in [1.807, 2.05) is 0 Å². The molecule has 1 aliphatic rings. The van der Waals surface area contributed by atoms with Crippen molar-refractivity contribution >= 4 is 0 Å². The lowest BCUT2D eigenvalue weighted by Crippen LogP contribution is -2.30. The summed E-state index contributed by atoms with van der Waals surface area (Å²) in [6.45, 7) is 6.68. The fourth-order valence-electron chi connectivity index (χ4n) is 2.17. The van der Waals surface area contributed by atoms with Gasteiger partial charge < -0.3 is 0 Å². The highest BCUT2D eigenvalue weighted by molar-refractivity contribution is 4.85. The van der Waals surface area contributed by atoms with E-state index in [0.29, 0.717) is 17.8 Å². The van der Waals surface area contributed by atoms with Crippen LogP contribution in [0.1, 0.15) is 33.6 Å². The molecule has 0 aromatic carbocycles. The molecular formula is C9H17N3. The third kappa shape index (κ3) is 1.92. The Kier molecular flexibility index (Phi) is 2.99. The minimum Gasteiger partial charge on any atom is -0.0903 e. The van der Waals surface area contributed by atoms with Crippen LogP contribution in [-0.4, -0.2) is 6.04 Å². The topological polar surface area (TPSA) is 48.8 Å². The van der Waals surface area contributed by atoms with Crippen molar-refractivity contribution in [1.29, 1.82) is 0 Å². The summed E-state index contributed by atoms with van der Waals surface area (Å²) >= 11 is 0. The molecule has 1 aliphatic carbocycles. The Morgan fingerprint density at radius 3 is 2.50 bits per heavy atom. The van der Waals surface area contributed by atoms with E-state index in [0.717, 1.165) is 6.42 Å². The average Bonchev–Trinajstić information content (AvgIpc) is 2.00. The van der Waals surface area contributed by atoms with Gasteiger partial charge in [0.1, 0.15) is 0 Å². The van der Waals surface area contributed by atoms with Crippen LogP contribution in [-0.2, 0) is 0 Å². The van der Waals surface area contributed by atoms with Gasteiger partial charge in [-0.2, -0.15) is 0 Å². The highest BCUT2D eigenvalue weighted by Gasteiger charge is 2.29. The molecule has 0 radical (unpaired) electrons. The maximum Gasteiger partial charge on any atom is 0.0404 e. The van der Waals surface area contributed by atoms with Gasteiger partial charge >= 0.3 is 0 Å². The van der Waals surface area contributed by atoms with E-state index in [1.165, 1.54) is 6.42 Å². The van der Waals surface area contributed by atoms with Gasteiger partial charge in [-0.3, -0.25) is 0 Å². The Balaban J connectivity index is 2.65. The van der Waals surface area contributed by atoms with Gasteiger partial charge in [-0.25, -0.2) is 0 Å². The number of rotatable bonds is 1. The van der Waals surface area contributed by atoms with E-state index in [-0.39, 0.29) is 6.04 Å². The predicted octanol–water partition coefficient (Wildman–Crippen LogP) is 3.37. The summed E-state index contributed by atoms with van der Waals surface area (Å²) < 4.78 is 0. The summed E-state index contributed by atoms with van der Waals surface area (Å²) in [5.74, 6) is 1.97. The normalized spacial score (nSPS) is 41.9. The molecule has 1 rings (SSSR count). The smallest absolute Gasteiger partial charge is 0.0404 e. The van der Waals surface area contributed by atoms with Crippen LogP contribution in [0.3, 0.4) is 0 Å². The lowest BCUT2D eigenvalue weighted by atomic mass is 9.74. The van der Waals surface area contributed by atoms with Crippen molar-refractivity contribution in [2.45, 2.75) is 39.7 Å². The molecular weight excluding hydrogens is 150 g/mol. The molecule has 3 heteroatoms. The molecule has 0 amide bonds. The molecule has 0 aliphatic heterocycles. The zero-order valence-corrected chi connectivity index (χ0v) is 8.07. The van der Waals surface area contributed by atoms with Gasteiger partial charge in [0.25, 0.3) is 0 Å². The molecule has 3 nitrogen and oxygen atoms in total. The van der Waals surface area contributed by atoms with Crippen LogP contribution in [0.25, 0.3) is 10.4 Å². The molecule has 0 aromatic heterocycles. The van der Waals surface area contributed by atoms with Crippen LogP contribution in [0.4, 0.5) is 0 Å². The van der Waals surface area contributed by atoms with Gasteiger partial charge in [-0.15, -0.1) is 0 Å². The molecule has 0 saturated heterocycles. The van der Waals surface area contributed by atoms with Gasteiger partial charge in [0.15, 0.2) is 0 Å². The van der Waals surface area contributed by atoms with E-state index >= 15 is 0 Å². The van der Waals surface area contributed by atoms with Crippen molar-refractivity contribution < 1.29 is 0 Å². The third-order valence-electron chi connectivity index (χ3n) is 3.12. The Morgan fingerprint density at radius 1 is 1.25 bits per heavy atom. The quantitative estimate of drug-likeness (QED) is 0.326. The molecule has 1 fully saturated rings. The number of azide groups is 1. The summed E-state index contributed by atoms with van der Waals surface area (Å²) in [7, 11) is 0. The zero-order valence-electron chi connectivity index (χ0n) is 8.07. The van der Waals surface area contributed by atoms with Crippen LogP contribution in [0.15, 0.2) is 5.11 Å². The highest BCUT2D eigenvalue weighted by Crippen LogP contribution is 2.35. The minimum absolute atomic E-state index is 0.230. The second-order valence-corrected chi connectivity index (χ2v) is 4.19. The second kappa shape index (κ2) is 3.81. The third-order valence-corrected chi connectivity index (χ3v) is 3.12. The molecule has 0 heterocycles. The Labute approximate surface area is 73.8 Å². The van der Waals surface area contributed by atoms with Crippen LogP contribution in [0.5, 0.6) is 0 Å². The van der Waals surface area contributed by atoms with E-state index < -0.39 is 0 Å². The second-order valence-electron chi connectivity index (χ2n) is 4.19. The van der Waals surface area contributed by atoms with Crippen LogP contribution in [0.2, 0.25) is 0 Å². The molecule has 1 unspecified atom stereocenters. The van der Waals surface area contributed by atoms with Crippen molar-refractivity contribution in [2.75, 3.05) is 0 Å². The van der Waals surface area contributed by atoms with Gasteiger partial charge in [0.2, 0.25) is 0 Å². The molecule has 0 aromatic rings. The summed E-state index contributed by atoms with van der Waals surface area (Å²) in [4.78, 5) is 2.90. The minimum atomic E-state index is 0.230. The number of nitrogens with zero attached hydrogens (tertiary/aromatic N) is 3. The monoisotopic (exact) mass is 167 g/mol. The van der Waals surface area contributed by atoms with Crippen molar-refractivity contribution in [2.24, 2.45) is 22.9 Å². The maximum absolute atomic E-state index is 8.37. The lowest BCUT2D eigenvalue weighted by Gasteiger charge is -2.35. The molecule has 1 saturated carbocycles. The van der Waals surface area contributed by atoms with Crippen molar-refractivity contribution in [3.05, 3.63) is 10.4 Å². The van der Waals surface area contributed by atoms with E-state index in [2.05, 4.69) is 30.8 Å². The summed E-state index contributed by atoms with van der Waals surface area (Å²) in [6.07, 6.45) is 2.34. The standard InChI is InChI=1S/C9H17N3/c1-6-4-7(2)8(3)9(5-6)11-12-10/h6-9H,4-5H2,1-3H3/t6-,7?,8-,9-/m1/s1. The van der Waals surface area contributed by atoms with Crippen LogP contribution >= 0.6 is 0 Å². The molecule has 0 spiro atoms. The first kappa shape index (κ1) is 9.40. The predicted molar refractivity (Wildman–Crippen MR) is 49.7 cm³/mol. The summed E-state index contributed by atoms with van der Waals surface area (Å²) in [6, 6.07) is 0.230. The maximum atomic E-state index is 8.37. The highest BCUT2D eigenvalue weighted by atomic mass is 15.1. The molecule has 68 valence electrons. The summed E-state index contributed by atoms with van der Waals surface area (Å²) in [5, 5.41) is 3.85. The van der Waals surface area contributed by atoms with Gasteiger partial charge in [-0.1, -0.05) is 25.9 Å². The SMILES string of the molecule is CC1C[C@@H](C)C[C@@H](N=[N+]=[N-])[C@@H]1C. The van der Waals surface area contributed by atoms with Gasteiger partial charge in [0, 0.05) is 11.0 Å². The molecule has 0 N–H and O–H groups in total. The first-order chi connectivity index (χ1) is 5.65. The van der Waals surface area contributed by atoms with E-state index in [9.17, 15) is 0 Å². The largest absolute Gasteiger partial charge is 0.0903 e. The van der Waals surface area contributed by atoms with Crippen molar-refractivity contribution in [3.63, 3.8) is 0 Å². The van der Waals surface area contributed by atoms with E-state index in [4.69, 9.17) is 5.53 Å². The first-order valence-electron chi connectivity index (χ1n) is 4.69.